The Hall–Kier alpha value is -5.01. The number of rotatable bonds is 4. The number of nitrogens with two attached hydrogens (primary N) is 2. The Balaban J connectivity index is 1.38. The van der Waals surface area contributed by atoms with Gasteiger partial charge in [0.1, 0.15) is 0 Å². The summed E-state index contributed by atoms with van der Waals surface area (Å²) < 4.78 is 1.70. The summed E-state index contributed by atoms with van der Waals surface area (Å²) in [6, 6.07) is 28.3. The highest BCUT2D eigenvalue weighted by Crippen LogP contribution is 2.24. The van der Waals surface area contributed by atoms with E-state index in [4.69, 9.17) is 16.6 Å². The van der Waals surface area contributed by atoms with Crippen molar-refractivity contribution < 1.29 is 4.79 Å². The zero-order chi connectivity index (χ0) is 24.6. The Bertz CT molecular complexity index is 1770. The molecule has 36 heavy (non-hydrogen) atoms. The van der Waals surface area contributed by atoms with Crippen LogP contribution in [0.5, 0.6) is 0 Å². The highest BCUT2D eigenvalue weighted by Gasteiger charge is 2.17. The van der Waals surface area contributed by atoms with Crippen molar-refractivity contribution >= 4 is 29.4 Å². The molecule has 0 unspecified atom stereocenters. The Morgan fingerprint density at radius 1 is 0.778 bits per heavy atom. The molecule has 3 aromatic carbocycles. The van der Waals surface area contributed by atoms with Crippen LogP contribution in [0.25, 0.3) is 35.0 Å². The van der Waals surface area contributed by atoms with E-state index in [2.05, 4.69) is 5.10 Å². The fourth-order valence-corrected chi connectivity index (χ4v) is 4.32. The van der Waals surface area contributed by atoms with Crippen molar-refractivity contribution in [1.29, 1.82) is 0 Å². The van der Waals surface area contributed by atoms with Crippen molar-refractivity contribution in [3.05, 3.63) is 130 Å². The number of benzene rings is 3. The average Bonchev–Trinajstić information content (AvgIpc) is 3.37. The molecule has 5 aromatic rings. The predicted molar refractivity (Wildman–Crippen MR) is 140 cm³/mol. The number of hydrazine groups is 1. The highest BCUT2D eigenvalue weighted by molar-refractivity contribution is 6.09. The third-order valence-electron chi connectivity index (χ3n) is 6.21. The highest BCUT2D eigenvalue weighted by atomic mass is 16.1. The zero-order valence-electron chi connectivity index (χ0n) is 19.2. The molecule has 0 atom stereocenters. The molecule has 7 heteroatoms. The molecule has 3 heterocycles. The van der Waals surface area contributed by atoms with Crippen LogP contribution in [0.15, 0.2) is 103 Å². The van der Waals surface area contributed by atoms with Crippen LogP contribution in [0.3, 0.4) is 0 Å². The molecule has 0 radical (unpaired) electrons. The number of allylic oxidation sites excluding steroid dienone is 1. The van der Waals surface area contributed by atoms with Gasteiger partial charge in [-0.05, 0) is 28.6 Å². The van der Waals surface area contributed by atoms with Crippen molar-refractivity contribution in [3.63, 3.8) is 0 Å². The van der Waals surface area contributed by atoms with Crippen molar-refractivity contribution in [2.24, 2.45) is 11.6 Å². The van der Waals surface area contributed by atoms with Gasteiger partial charge in [0.2, 0.25) is 0 Å². The van der Waals surface area contributed by atoms with Crippen LogP contribution in [0.4, 0.5) is 0 Å². The van der Waals surface area contributed by atoms with E-state index in [-0.39, 0.29) is 5.78 Å². The van der Waals surface area contributed by atoms with Gasteiger partial charge in [-0.25, -0.2) is 15.3 Å². The molecule has 1 aliphatic heterocycles. The Kier molecular flexibility index (Phi) is 5.17. The summed E-state index contributed by atoms with van der Waals surface area (Å²) in [7, 11) is 0. The molecule has 0 saturated heterocycles. The summed E-state index contributed by atoms with van der Waals surface area (Å²) in [6.07, 6.45) is 5.64. The third-order valence-corrected chi connectivity index (χ3v) is 6.21. The van der Waals surface area contributed by atoms with Crippen LogP contribution in [-0.4, -0.2) is 25.4 Å². The molecule has 0 saturated carbocycles. The zero-order valence-corrected chi connectivity index (χ0v) is 19.2. The maximum atomic E-state index is 12.7. The number of aromatic nitrogens is 3. The van der Waals surface area contributed by atoms with Gasteiger partial charge < -0.3 is 5.73 Å². The molecule has 4 N–H and O–H groups in total. The van der Waals surface area contributed by atoms with Crippen LogP contribution in [0.2, 0.25) is 0 Å². The van der Waals surface area contributed by atoms with Crippen molar-refractivity contribution in [2.45, 2.75) is 0 Å². The van der Waals surface area contributed by atoms with Gasteiger partial charge in [-0.1, -0.05) is 78.9 Å². The van der Waals surface area contributed by atoms with Gasteiger partial charge >= 0.3 is 0 Å². The molecule has 174 valence electrons. The van der Waals surface area contributed by atoms with Crippen LogP contribution in [-0.2, 0) is 0 Å². The van der Waals surface area contributed by atoms with Crippen LogP contribution < -0.4 is 22.0 Å². The summed E-state index contributed by atoms with van der Waals surface area (Å²) in [6.45, 7) is 0. The van der Waals surface area contributed by atoms with Gasteiger partial charge in [0.05, 0.1) is 11.4 Å². The topological polar surface area (TPSA) is 103 Å². The lowest BCUT2D eigenvalue weighted by atomic mass is 10.0. The monoisotopic (exact) mass is 470 g/mol. The molecule has 0 aliphatic carbocycles. The molecule has 0 amide bonds. The van der Waals surface area contributed by atoms with Crippen LogP contribution in [0, 0.1) is 0 Å². The number of nitrogens with zero attached hydrogens (tertiary/aromatic N) is 4. The van der Waals surface area contributed by atoms with Crippen molar-refractivity contribution in [1.82, 2.24) is 19.6 Å². The maximum Gasteiger partial charge on any atom is 0.193 e. The second kappa shape index (κ2) is 8.65. The predicted octanol–water partition coefficient (Wildman–Crippen LogP) is 2.66. The number of fused-ring (bicyclic) bond motifs is 2. The Morgan fingerprint density at radius 2 is 1.47 bits per heavy atom. The summed E-state index contributed by atoms with van der Waals surface area (Å²) in [5, 5.41) is 8.23. The fourth-order valence-electron chi connectivity index (χ4n) is 4.32. The number of carbonyl (C=O) groups is 1. The van der Waals surface area contributed by atoms with E-state index >= 15 is 0 Å². The minimum atomic E-state index is -0.0276. The first-order chi connectivity index (χ1) is 17.6. The van der Waals surface area contributed by atoms with Gasteiger partial charge in [-0.15, -0.1) is 5.10 Å². The molecular weight excluding hydrogens is 448 g/mol. The molecule has 1 aliphatic rings. The number of carbonyl (C=O) groups excluding carboxylic acids is 1. The second-order valence-corrected chi connectivity index (χ2v) is 8.51. The molecular formula is C29H22N6O. The molecule has 0 fully saturated rings. The molecule has 7 nitrogen and oxygen atoms in total. The van der Waals surface area contributed by atoms with Gasteiger partial charge in [0.25, 0.3) is 0 Å². The van der Waals surface area contributed by atoms with Crippen molar-refractivity contribution in [3.8, 4) is 11.4 Å². The van der Waals surface area contributed by atoms with E-state index in [1.165, 1.54) is 5.01 Å². The summed E-state index contributed by atoms with van der Waals surface area (Å²) >= 11 is 0. The van der Waals surface area contributed by atoms with E-state index in [0.717, 1.165) is 21.6 Å². The quantitative estimate of drug-likeness (QED) is 0.309. The van der Waals surface area contributed by atoms with E-state index < -0.39 is 0 Å². The Labute approximate surface area is 206 Å². The van der Waals surface area contributed by atoms with Gasteiger partial charge in [0, 0.05) is 34.7 Å². The average molecular weight is 471 g/mol. The number of hydrogen-bond donors (Lipinski definition) is 2. The number of pyridine rings is 1. The van der Waals surface area contributed by atoms with E-state index in [0.29, 0.717) is 34.0 Å². The minimum absolute atomic E-state index is 0.0276. The van der Waals surface area contributed by atoms with Gasteiger partial charge in [-0.3, -0.25) is 9.80 Å². The molecule has 0 bridgehead atoms. The summed E-state index contributed by atoms with van der Waals surface area (Å²) in [4.78, 5) is 17.5. The normalized spacial score (nSPS) is 14.1. The first-order valence-electron chi connectivity index (χ1n) is 11.5. The summed E-state index contributed by atoms with van der Waals surface area (Å²) in [5.41, 5.74) is 11.2. The standard InChI is InChI=1S/C29H22N6O/c30-26(25-17-22-9-4-5-10-23(22)18-34(25)31)24-11-6-16-35-29(24)32-28(33-35)21-14-12-20(13-15-21)27(36)19-7-2-1-3-8-19/h1-18H,30-31H2/b26-25-. The minimum Gasteiger partial charge on any atom is -0.396 e. The van der Waals surface area contributed by atoms with E-state index in [1.807, 2.05) is 97.3 Å². The lowest BCUT2D eigenvalue weighted by molar-refractivity contribution is 0.103. The molecule has 0 spiro atoms. The largest absolute Gasteiger partial charge is 0.396 e. The fraction of sp³-hybridized carbons (Fsp3) is 0. The SMILES string of the molecule is N/C(=C1/C=c2ccccc2=CN1N)c1cccn2nc(-c3ccc(C(=O)c4ccccc4)cc3)nc12. The van der Waals surface area contributed by atoms with Crippen molar-refractivity contribution in [2.75, 3.05) is 0 Å². The van der Waals surface area contributed by atoms with E-state index in [9.17, 15) is 4.79 Å². The lowest BCUT2D eigenvalue weighted by Crippen LogP contribution is -2.38. The molecule has 2 aromatic heterocycles. The molecule has 6 rings (SSSR count). The lowest BCUT2D eigenvalue weighted by Gasteiger charge is -2.21. The first-order valence-corrected chi connectivity index (χ1v) is 11.5. The smallest absolute Gasteiger partial charge is 0.193 e. The van der Waals surface area contributed by atoms with Gasteiger partial charge in [-0.2, -0.15) is 0 Å². The van der Waals surface area contributed by atoms with Gasteiger partial charge in [0.15, 0.2) is 17.3 Å². The maximum absolute atomic E-state index is 12.7. The third kappa shape index (κ3) is 3.73. The Morgan fingerprint density at radius 3 is 2.25 bits per heavy atom. The van der Waals surface area contributed by atoms with Crippen LogP contribution >= 0.6 is 0 Å². The van der Waals surface area contributed by atoms with E-state index in [1.54, 1.807) is 16.6 Å². The second-order valence-electron chi connectivity index (χ2n) is 8.51. The number of ketones is 1. The summed E-state index contributed by atoms with van der Waals surface area (Å²) in [5.74, 6) is 6.80. The first kappa shape index (κ1) is 21.5. The van der Waals surface area contributed by atoms with Crippen LogP contribution in [0.1, 0.15) is 21.5 Å². The number of hydrogen-bond acceptors (Lipinski definition) is 6.